The molecule has 3 aromatic carbocycles. The van der Waals surface area contributed by atoms with Crippen LogP contribution in [0.3, 0.4) is 0 Å². The lowest BCUT2D eigenvalue weighted by Crippen LogP contribution is -2.52. The second-order valence-corrected chi connectivity index (χ2v) is 9.62. The van der Waals surface area contributed by atoms with Gasteiger partial charge in [0, 0.05) is 35.1 Å². The molecule has 5 nitrogen and oxygen atoms in total. The van der Waals surface area contributed by atoms with Gasteiger partial charge in [-0.2, -0.15) is 0 Å². The summed E-state index contributed by atoms with van der Waals surface area (Å²) in [5.41, 5.74) is 1.43. The minimum Gasteiger partial charge on any atom is -0.484 e. The number of ether oxygens (including phenoxy) is 1. The maximum absolute atomic E-state index is 13.5. The van der Waals surface area contributed by atoms with Crippen LogP contribution >= 0.6 is 23.2 Å². The van der Waals surface area contributed by atoms with Gasteiger partial charge in [0.05, 0.1) is 0 Å². The lowest BCUT2D eigenvalue weighted by Gasteiger charge is -2.32. The molecule has 0 fully saturated rings. The molecule has 0 unspecified atom stereocenters. The fourth-order valence-electron chi connectivity index (χ4n) is 3.59. The Morgan fingerprint density at radius 2 is 1.58 bits per heavy atom. The SMILES string of the molecule is CC(C)CNC(=O)[C@@H](Cc1ccccc1)N(Cc1c(Cl)cccc1Cl)C(=O)COc1ccc(F)cc1. The average Bonchev–Trinajstić information content (AvgIpc) is 2.86. The molecular formula is C28H29Cl2FN2O3. The molecule has 0 radical (unpaired) electrons. The van der Waals surface area contributed by atoms with Crippen molar-refractivity contribution in [3.05, 3.63) is 99.8 Å². The van der Waals surface area contributed by atoms with Crippen LogP contribution in [0.4, 0.5) is 4.39 Å². The van der Waals surface area contributed by atoms with Crippen molar-refractivity contribution in [3.8, 4) is 5.75 Å². The molecule has 0 aliphatic heterocycles. The molecule has 3 rings (SSSR count). The van der Waals surface area contributed by atoms with Crippen molar-refractivity contribution in [1.82, 2.24) is 10.2 Å². The van der Waals surface area contributed by atoms with Crippen LogP contribution in [0.2, 0.25) is 10.0 Å². The third kappa shape index (κ3) is 7.97. The van der Waals surface area contributed by atoms with E-state index in [9.17, 15) is 14.0 Å². The van der Waals surface area contributed by atoms with Crippen LogP contribution in [0.25, 0.3) is 0 Å². The number of nitrogens with one attached hydrogen (secondary N) is 1. The van der Waals surface area contributed by atoms with Crippen molar-refractivity contribution in [3.63, 3.8) is 0 Å². The average molecular weight is 531 g/mol. The van der Waals surface area contributed by atoms with E-state index in [0.29, 0.717) is 27.9 Å². The molecule has 0 heterocycles. The summed E-state index contributed by atoms with van der Waals surface area (Å²) in [7, 11) is 0. The van der Waals surface area contributed by atoms with E-state index in [4.69, 9.17) is 27.9 Å². The fourth-order valence-corrected chi connectivity index (χ4v) is 4.11. The monoisotopic (exact) mass is 530 g/mol. The largest absolute Gasteiger partial charge is 0.484 e. The highest BCUT2D eigenvalue weighted by molar-refractivity contribution is 6.36. The molecule has 0 aliphatic carbocycles. The van der Waals surface area contributed by atoms with Crippen LogP contribution in [-0.2, 0) is 22.6 Å². The van der Waals surface area contributed by atoms with Crippen LogP contribution in [0, 0.1) is 11.7 Å². The van der Waals surface area contributed by atoms with Crippen LogP contribution in [0.1, 0.15) is 25.0 Å². The second-order valence-electron chi connectivity index (χ2n) is 8.81. The van der Waals surface area contributed by atoms with E-state index in [1.807, 2.05) is 44.2 Å². The van der Waals surface area contributed by atoms with Gasteiger partial charge in [-0.05, 0) is 47.9 Å². The van der Waals surface area contributed by atoms with Crippen molar-refractivity contribution in [1.29, 1.82) is 0 Å². The summed E-state index contributed by atoms with van der Waals surface area (Å²) in [6.07, 6.45) is 0.287. The van der Waals surface area contributed by atoms with E-state index in [-0.39, 0.29) is 31.4 Å². The summed E-state index contributed by atoms with van der Waals surface area (Å²) in [6, 6.07) is 19.1. The number of benzene rings is 3. The van der Waals surface area contributed by atoms with Gasteiger partial charge in [-0.15, -0.1) is 0 Å². The molecule has 8 heteroatoms. The first-order chi connectivity index (χ1) is 17.2. The molecule has 0 aliphatic rings. The van der Waals surface area contributed by atoms with Gasteiger partial charge in [0.1, 0.15) is 17.6 Å². The first kappa shape index (κ1) is 27.5. The molecule has 0 spiro atoms. The quantitative estimate of drug-likeness (QED) is 0.334. The Morgan fingerprint density at radius 1 is 0.944 bits per heavy atom. The zero-order valence-electron chi connectivity index (χ0n) is 20.2. The normalized spacial score (nSPS) is 11.7. The predicted molar refractivity (Wildman–Crippen MR) is 141 cm³/mol. The molecule has 0 bridgehead atoms. The third-order valence-electron chi connectivity index (χ3n) is 5.52. The van der Waals surface area contributed by atoms with E-state index in [1.165, 1.54) is 29.2 Å². The predicted octanol–water partition coefficient (Wildman–Crippen LogP) is 5.92. The molecular weight excluding hydrogens is 502 g/mol. The van der Waals surface area contributed by atoms with E-state index < -0.39 is 17.8 Å². The minimum atomic E-state index is -0.845. The highest BCUT2D eigenvalue weighted by Crippen LogP contribution is 2.27. The van der Waals surface area contributed by atoms with Gasteiger partial charge >= 0.3 is 0 Å². The molecule has 0 aromatic heterocycles. The summed E-state index contributed by atoms with van der Waals surface area (Å²) in [6.45, 7) is 4.11. The highest BCUT2D eigenvalue weighted by atomic mass is 35.5. The number of amides is 2. The molecule has 0 saturated heterocycles. The van der Waals surface area contributed by atoms with Gasteiger partial charge in [-0.25, -0.2) is 4.39 Å². The lowest BCUT2D eigenvalue weighted by atomic mass is 10.0. The van der Waals surface area contributed by atoms with Crippen LogP contribution in [0.15, 0.2) is 72.8 Å². The van der Waals surface area contributed by atoms with Gasteiger partial charge in [0.15, 0.2) is 6.61 Å². The van der Waals surface area contributed by atoms with E-state index in [2.05, 4.69) is 5.32 Å². The first-order valence-corrected chi connectivity index (χ1v) is 12.4. The number of hydrogen-bond acceptors (Lipinski definition) is 3. The first-order valence-electron chi connectivity index (χ1n) is 11.7. The van der Waals surface area contributed by atoms with Gasteiger partial charge in [0.25, 0.3) is 5.91 Å². The smallest absolute Gasteiger partial charge is 0.261 e. The van der Waals surface area contributed by atoms with Crippen LogP contribution < -0.4 is 10.1 Å². The standard InChI is InChI=1S/C28H29Cl2FN2O3/c1-19(2)16-32-28(35)26(15-20-7-4-3-5-8-20)33(17-23-24(29)9-6-10-25(23)30)27(34)18-36-22-13-11-21(31)12-14-22/h3-14,19,26H,15-18H2,1-2H3,(H,32,35)/t26-/m1/s1. The molecule has 3 aromatic rings. The summed E-state index contributed by atoms with van der Waals surface area (Å²) in [5, 5.41) is 3.73. The van der Waals surface area contributed by atoms with Crippen molar-refractivity contribution in [2.75, 3.05) is 13.2 Å². The number of halogens is 3. The Kier molecular flexibility index (Phi) is 10.1. The highest BCUT2D eigenvalue weighted by Gasteiger charge is 2.31. The Bertz CT molecular complexity index is 1140. The van der Waals surface area contributed by atoms with Gasteiger partial charge < -0.3 is 15.0 Å². The third-order valence-corrected chi connectivity index (χ3v) is 6.23. The molecule has 1 atom stereocenters. The van der Waals surface area contributed by atoms with Crippen molar-refractivity contribution in [2.45, 2.75) is 32.9 Å². The summed E-state index contributed by atoms with van der Waals surface area (Å²) < 4.78 is 18.9. The maximum Gasteiger partial charge on any atom is 0.261 e. The van der Waals surface area contributed by atoms with E-state index in [1.54, 1.807) is 18.2 Å². The number of carbonyl (C=O) groups is 2. The Balaban J connectivity index is 1.94. The summed E-state index contributed by atoms with van der Waals surface area (Å²) in [5.74, 6) is -0.560. The molecule has 2 amide bonds. The molecule has 190 valence electrons. The van der Waals surface area contributed by atoms with Crippen molar-refractivity contribution >= 4 is 35.0 Å². The molecule has 0 saturated carbocycles. The molecule has 36 heavy (non-hydrogen) atoms. The topological polar surface area (TPSA) is 58.6 Å². The van der Waals surface area contributed by atoms with Gasteiger partial charge in [-0.1, -0.05) is 73.4 Å². The molecule has 1 N–H and O–H groups in total. The number of rotatable bonds is 11. The summed E-state index contributed by atoms with van der Waals surface area (Å²) >= 11 is 12.8. The summed E-state index contributed by atoms with van der Waals surface area (Å²) in [4.78, 5) is 28.4. The second kappa shape index (κ2) is 13.3. The van der Waals surface area contributed by atoms with Gasteiger partial charge in [0.2, 0.25) is 5.91 Å². The van der Waals surface area contributed by atoms with Gasteiger partial charge in [-0.3, -0.25) is 9.59 Å². The van der Waals surface area contributed by atoms with E-state index in [0.717, 1.165) is 5.56 Å². The Hall–Kier alpha value is -3.09. The lowest BCUT2D eigenvalue weighted by molar-refractivity contribution is -0.142. The van der Waals surface area contributed by atoms with E-state index >= 15 is 0 Å². The zero-order chi connectivity index (χ0) is 26.1. The number of hydrogen-bond donors (Lipinski definition) is 1. The number of carbonyl (C=O) groups excluding carboxylic acids is 2. The Labute approximate surface area is 221 Å². The zero-order valence-corrected chi connectivity index (χ0v) is 21.7. The fraction of sp³-hybridized carbons (Fsp3) is 0.286. The van der Waals surface area contributed by atoms with Crippen molar-refractivity contribution < 1.29 is 18.7 Å². The maximum atomic E-state index is 13.5. The Morgan fingerprint density at radius 3 is 2.19 bits per heavy atom. The minimum absolute atomic E-state index is 0.0106. The number of nitrogens with zero attached hydrogens (tertiary/aromatic N) is 1. The van der Waals surface area contributed by atoms with Crippen LogP contribution in [-0.4, -0.2) is 35.9 Å². The van der Waals surface area contributed by atoms with Crippen molar-refractivity contribution in [2.24, 2.45) is 5.92 Å². The van der Waals surface area contributed by atoms with Crippen LogP contribution in [0.5, 0.6) is 5.75 Å².